The average Bonchev–Trinajstić information content (AvgIpc) is 3.00. The van der Waals surface area contributed by atoms with Gasteiger partial charge in [0, 0.05) is 29.6 Å². The summed E-state index contributed by atoms with van der Waals surface area (Å²) in [6.07, 6.45) is 3.90. The lowest BCUT2D eigenvalue weighted by Gasteiger charge is -2.49. The van der Waals surface area contributed by atoms with E-state index in [0.29, 0.717) is 45.9 Å². The molecule has 1 unspecified atom stereocenters. The summed E-state index contributed by atoms with van der Waals surface area (Å²) >= 11 is 6.26. The van der Waals surface area contributed by atoms with E-state index < -0.39 is 46.1 Å². The fourth-order valence-corrected chi connectivity index (χ4v) is 7.39. The molecule has 2 aliphatic rings. The number of carbonyl (C=O) groups is 3. The zero-order valence-corrected chi connectivity index (χ0v) is 27.0. The molecule has 5 atom stereocenters. The monoisotopic (exact) mass is 652 g/mol. The molecule has 2 amide bonds. The number of nitrogens with zero attached hydrogens (tertiary/aromatic N) is 2. The zero-order chi connectivity index (χ0) is 32.3. The van der Waals surface area contributed by atoms with Crippen molar-refractivity contribution in [2.24, 2.45) is 0 Å². The van der Waals surface area contributed by atoms with Gasteiger partial charge >= 0.3 is 5.97 Å². The van der Waals surface area contributed by atoms with Crippen LogP contribution in [0.3, 0.4) is 0 Å². The molecule has 2 N–H and O–H groups in total. The van der Waals surface area contributed by atoms with E-state index in [4.69, 9.17) is 16.3 Å². The number of ether oxygens (including phenoxy) is 1. The van der Waals surface area contributed by atoms with E-state index in [9.17, 15) is 22.8 Å². The third-order valence-corrected chi connectivity index (χ3v) is 9.36. The number of carbonyl (C=O) groups excluding carboxylic acids is 3. The molecule has 1 aliphatic heterocycles. The lowest BCUT2D eigenvalue weighted by atomic mass is 9.76. The van der Waals surface area contributed by atoms with Crippen molar-refractivity contribution in [3.8, 4) is 0 Å². The Labute approximate surface area is 268 Å². The van der Waals surface area contributed by atoms with Gasteiger partial charge in [-0.1, -0.05) is 60.8 Å². The number of pyridine rings is 1. The predicted molar refractivity (Wildman–Crippen MR) is 170 cm³/mol. The highest BCUT2D eigenvalue weighted by Gasteiger charge is 2.49. The van der Waals surface area contributed by atoms with Gasteiger partial charge in [-0.15, -0.1) is 0 Å². The van der Waals surface area contributed by atoms with Gasteiger partial charge in [0.05, 0.1) is 35.6 Å². The quantitative estimate of drug-likeness (QED) is 0.317. The van der Waals surface area contributed by atoms with Crippen molar-refractivity contribution in [1.82, 2.24) is 19.9 Å². The number of hydrogen-bond donors (Lipinski definition) is 2. The second kappa shape index (κ2) is 13.7. The summed E-state index contributed by atoms with van der Waals surface area (Å²) in [7, 11) is -3.57. The molecule has 1 aliphatic carbocycles. The SMILES string of the molecule is CC(=O)OCc1cccc(C(C)NC(=O)[C@@H]2c3ccccc3C(=O)N([C@H]3CCCC[C@@H]3NS(C)(=O)=O)[C@H]2c2ccc(Cl)cc2)n1. The first-order chi connectivity index (χ1) is 21.4. The van der Waals surface area contributed by atoms with Crippen LogP contribution in [0, 0.1) is 0 Å². The van der Waals surface area contributed by atoms with E-state index in [0.717, 1.165) is 19.1 Å². The molecule has 1 saturated carbocycles. The van der Waals surface area contributed by atoms with Gasteiger partial charge in [0.25, 0.3) is 5.91 Å². The Morgan fingerprint density at radius 1 is 1.04 bits per heavy atom. The minimum absolute atomic E-state index is 0.0135. The van der Waals surface area contributed by atoms with Crippen LogP contribution in [-0.4, -0.2) is 54.4 Å². The smallest absolute Gasteiger partial charge is 0.303 e. The summed E-state index contributed by atoms with van der Waals surface area (Å²) in [4.78, 5) is 46.4. The van der Waals surface area contributed by atoms with Gasteiger partial charge in [-0.2, -0.15) is 0 Å². The van der Waals surface area contributed by atoms with Gasteiger partial charge in [-0.05, 0) is 61.2 Å². The predicted octanol–water partition coefficient (Wildman–Crippen LogP) is 4.82. The van der Waals surface area contributed by atoms with Crippen molar-refractivity contribution < 1.29 is 27.5 Å². The molecule has 0 radical (unpaired) electrons. The molecule has 0 bridgehead atoms. The van der Waals surface area contributed by atoms with Gasteiger partial charge in [-0.25, -0.2) is 13.1 Å². The first kappa shape index (κ1) is 32.6. The minimum Gasteiger partial charge on any atom is -0.459 e. The maximum absolute atomic E-state index is 14.5. The fraction of sp³-hybridized carbons (Fsp3) is 0.394. The molecular weight excluding hydrogens is 616 g/mol. The maximum Gasteiger partial charge on any atom is 0.303 e. The molecular formula is C33H37ClN4O6S. The van der Waals surface area contributed by atoms with Gasteiger partial charge in [0.15, 0.2) is 0 Å². The molecule has 0 spiro atoms. The zero-order valence-electron chi connectivity index (χ0n) is 25.4. The first-order valence-electron chi connectivity index (χ1n) is 15.0. The molecule has 1 fully saturated rings. The molecule has 0 saturated heterocycles. The van der Waals surface area contributed by atoms with Crippen LogP contribution in [-0.2, 0) is 31.0 Å². The third kappa shape index (κ3) is 7.54. The number of sulfonamides is 1. The molecule has 45 heavy (non-hydrogen) atoms. The number of halogens is 1. The number of benzene rings is 2. The Bertz CT molecular complexity index is 1680. The number of amides is 2. The van der Waals surface area contributed by atoms with E-state index in [1.807, 2.05) is 19.1 Å². The fourth-order valence-electron chi connectivity index (χ4n) is 6.44. The lowest BCUT2D eigenvalue weighted by Crippen LogP contribution is -2.59. The van der Waals surface area contributed by atoms with Crippen LogP contribution < -0.4 is 10.0 Å². The number of esters is 1. The number of rotatable bonds is 9. The van der Waals surface area contributed by atoms with Crippen molar-refractivity contribution in [2.45, 2.75) is 76.2 Å². The van der Waals surface area contributed by atoms with Crippen molar-refractivity contribution in [3.05, 3.63) is 99.8 Å². The lowest BCUT2D eigenvalue weighted by molar-refractivity contribution is -0.142. The van der Waals surface area contributed by atoms with Crippen LogP contribution in [0.5, 0.6) is 0 Å². The summed E-state index contributed by atoms with van der Waals surface area (Å²) in [5.74, 6) is -1.82. The normalized spacial score (nSPS) is 22.3. The number of hydrogen-bond acceptors (Lipinski definition) is 7. The molecule has 238 valence electrons. The Morgan fingerprint density at radius 3 is 2.47 bits per heavy atom. The highest BCUT2D eigenvalue weighted by atomic mass is 35.5. The molecule has 10 nitrogen and oxygen atoms in total. The van der Waals surface area contributed by atoms with Crippen molar-refractivity contribution >= 4 is 39.4 Å². The third-order valence-electron chi connectivity index (χ3n) is 8.38. The Morgan fingerprint density at radius 2 is 1.76 bits per heavy atom. The van der Waals surface area contributed by atoms with Gasteiger partial charge in [-0.3, -0.25) is 19.4 Å². The van der Waals surface area contributed by atoms with Gasteiger partial charge < -0.3 is 15.0 Å². The summed E-state index contributed by atoms with van der Waals surface area (Å²) in [5.41, 5.74) is 2.83. The Hall–Kier alpha value is -3.80. The summed E-state index contributed by atoms with van der Waals surface area (Å²) in [6, 6.07) is 17.2. The highest BCUT2D eigenvalue weighted by Crippen LogP contribution is 2.46. The van der Waals surface area contributed by atoms with E-state index in [-0.39, 0.29) is 18.4 Å². The Kier molecular flexibility index (Phi) is 9.91. The summed E-state index contributed by atoms with van der Waals surface area (Å²) in [6.45, 7) is 3.16. The number of aromatic nitrogens is 1. The van der Waals surface area contributed by atoms with E-state index in [1.165, 1.54) is 6.92 Å². The number of fused-ring (bicyclic) bond motifs is 1. The molecule has 2 aromatic carbocycles. The van der Waals surface area contributed by atoms with E-state index in [2.05, 4.69) is 15.0 Å². The number of nitrogens with one attached hydrogen (secondary N) is 2. The summed E-state index contributed by atoms with van der Waals surface area (Å²) < 4.78 is 32.7. The minimum atomic E-state index is -3.57. The Balaban J connectivity index is 1.57. The van der Waals surface area contributed by atoms with Crippen molar-refractivity contribution in [3.63, 3.8) is 0 Å². The maximum atomic E-state index is 14.5. The van der Waals surface area contributed by atoms with Gasteiger partial charge in [0.1, 0.15) is 6.61 Å². The molecule has 1 aromatic heterocycles. The second-order valence-corrected chi connectivity index (χ2v) is 13.9. The van der Waals surface area contributed by atoms with Crippen LogP contribution in [0.4, 0.5) is 0 Å². The van der Waals surface area contributed by atoms with Crippen molar-refractivity contribution in [1.29, 1.82) is 0 Å². The van der Waals surface area contributed by atoms with E-state index >= 15 is 0 Å². The molecule has 12 heteroatoms. The molecule has 3 aromatic rings. The second-order valence-electron chi connectivity index (χ2n) is 11.7. The van der Waals surface area contributed by atoms with Crippen LogP contribution >= 0.6 is 11.6 Å². The standard InChI is InChI=1S/C33H37ClN4O6S/c1-20(27-13-8-9-24(36-27)19-44-21(2)39)35-32(40)30-25-10-4-5-11-26(25)33(41)38(31(30)22-15-17-23(34)18-16-22)29-14-7-6-12-28(29)37-45(3,42)43/h4-5,8-11,13,15-18,20,28-31,37H,6-7,12,14,19H2,1-3H3,(H,35,40)/t20?,28-,29-,30+,31-/m0/s1. The summed E-state index contributed by atoms with van der Waals surface area (Å²) in [5, 5.41) is 3.62. The molecule has 5 rings (SSSR count). The van der Waals surface area contributed by atoms with Crippen LogP contribution in [0.1, 0.15) is 90.4 Å². The van der Waals surface area contributed by atoms with Gasteiger partial charge in [0.2, 0.25) is 15.9 Å². The largest absolute Gasteiger partial charge is 0.459 e. The van der Waals surface area contributed by atoms with Crippen LogP contribution in [0.15, 0.2) is 66.7 Å². The van der Waals surface area contributed by atoms with Crippen molar-refractivity contribution in [2.75, 3.05) is 6.26 Å². The first-order valence-corrected chi connectivity index (χ1v) is 17.2. The molecule has 2 heterocycles. The average molecular weight is 653 g/mol. The topological polar surface area (TPSA) is 135 Å². The van der Waals surface area contributed by atoms with Crippen LogP contribution in [0.25, 0.3) is 0 Å². The van der Waals surface area contributed by atoms with Crippen LogP contribution in [0.2, 0.25) is 5.02 Å². The van der Waals surface area contributed by atoms with E-state index in [1.54, 1.807) is 59.5 Å². The highest BCUT2D eigenvalue weighted by molar-refractivity contribution is 7.88.